The number of aliphatic imine (C=N–C) groups is 1. The molecule has 0 aliphatic heterocycles. The van der Waals surface area contributed by atoms with Crippen LogP contribution in [-0.4, -0.2) is 36.6 Å². The van der Waals surface area contributed by atoms with E-state index in [0.717, 1.165) is 16.7 Å². The number of hydrogen-bond donors (Lipinski definition) is 2. The van der Waals surface area contributed by atoms with E-state index in [4.69, 9.17) is 4.42 Å². The minimum atomic E-state index is -0.965. The molecule has 3 aromatic rings. The first-order valence-electron chi connectivity index (χ1n) is 8.40. The van der Waals surface area contributed by atoms with Crippen molar-refractivity contribution in [3.05, 3.63) is 71.7 Å². The SMILES string of the molecule is CN=C(NCC(O)c1ccccc1F)N(C)Cc1cc2ccccc2o1.I. The molecule has 3 rings (SSSR count). The average Bonchev–Trinajstić information content (AvgIpc) is 3.04. The van der Waals surface area contributed by atoms with Crippen molar-refractivity contribution < 1.29 is 13.9 Å². The Labute approximate surface area is 174 Å². The molecule has 0 radical (unpaired) electrons. The summed E-state index contributed by atoms with van der Waals surface area (Å²) in [7, 11) is 3.53. The van der Waals surface area contributed by atoms with Crippen molar-refractivity contribution in [2.75, 3.05) is 20.6 Å². The highest BCUT2D eigenvalue weighted by Crippen LogP contribution is 2.20. The van der Waals surface area contributed by atoms with Gasteiger partial charge in [0.1, 0.15) is 17.2 Å². The van der Waals surface area contributed by atoms with Gasteiger partial charge in [0.15, 0.2) is 5.96 Å². The number of nitrogens with one attached hydrogen (secondary N) is 1. The molecule has 5 nitrogen and oxygen atoms in total. The lowest BCUT2D eigenvalue weighted by molar-refractivity contribution is 0.175. The van der Waals surface area contributed by atoms with Crippen LogP contribution in [0.4, 0.5) is 4.39 Å². The standard InChI is InChI=1S/C20H22FN3O2.HI/c1-22-20(23-12-18(25)16-8-4-5-9-17(16)21)24(2)13-15-11-14-7-3-6-10-19(14)26-15;/h3-11,18,25H,12-13H2,1-2H3,(H,22,23);1H. The van der Waals surface area contributed by atoms with E-state index < -0.39 is 11.9 Å². The summed E-state index contributed by atoms with van der Waals surface area (Å²) in [5.74, 6) is 0.972. The second-order valence-electron chi connectivity index (χ2n) is 6.07. The van der Waals surface area contributed by atoms with Crippen LogP contribution in [0.5, 0.6) is 0 Å². The zero-order valence-corrected chi connectivity index (χ0v) is 17.6. The summed E-state index contributed by atoms with van der Waals surface area (Å²) in [6.07, 6.45) is -0.965. The molecule has 0 bridgehead atoms. The molecule has 0 fully saturated rings. The lowest BCUT2D eigenvalue weighted by Gasteiger charge is -2.22. The van der Waals surface area contributed by atoms with Crippen LogP contribution in [0.2, 0.25) is 0 Å². The fraction of sp³-hybridized carbons (Fsp3) is 0.250. The Bertz CT molecular complexity index is 880. The van der Waals surface area contributed by atoms with Gasteiger partial charge in [-0.2, -0.15) is 0 Å². The molecule has 2 N–H and O–H groups in total. The van der Waals surface area contributed by atoms with E-state index in [-0.39, 0.29) is 36.1 Å². The van der Waals surface area contributed by atoms with Crippen molar-refractivity contribution in [2.24, 2.45) is 4.99 Å². The number of halogens is 2. The van der Waals surface area contributed by atoms with E-state index in [9.17, 15) is 9.50 Å². The first-order chi connectivity index (χ1) is 12.6. The third-order valence-corrected chi connectivity index (χ3v) is 4.16. The quantitative estimate of drug-likeness (QED) is 0.328. The zero-order chi connectivity index (χ0) is 18.5. The molecular formula is C20H23FIN3O2. The van der Waals surface area contributed by atoms with Gasteiger partial charge in [0.25, 0.3) is 0 Å². The van der Waals surface area contributed by atoms with E-state index in [2.05, 4.69) is 10.3 Å². The number of benzene rings is 2. The van der Waals surface area contributed by atoms with Crippen LogP contribution in [-0.2, 0) is 6.54 Å². The van der Waals surface area contributed by atoms with Gasteiger partial charge in [0.2, 0.25) is 0 Å². The van der Waals surface area contributed by atoms with Gasteiger partial charge in [0, 0.05) is 31.6 Å². The van der Waals surface area contributed by atoms with Crippen molar-refractivity contribution in [3.8, 4) is 0 Å². The van der Waals surface area contributed by atoms with Crippen LogP contribution < -0.4 is 5.32 Å². The number of aliphatic hydroxyl groups is 1. The predicted molar refractivity (Wildman–Crippen MR) is 116 cm³/mol. The molecule has 27 heavy (non-hydrogen) atoms. The summed E-state index contributed by atoms with van der Waals surface area (Å²) < 4.78 is 19.6. The molecule has 1 atom stereocenters. The largest absolute Gasteiger partial charge is 0.459 e. The highest BCUT2D eigenvalue weighted by molar-refractivity contribution is 14.0. The number of nitrogens with zero attached hydrogens (tertiary/aromatic N) is 2. The molecule has 1 heterocycles. The first kappa shape index (κ1) is 21.2. The van der Waals surface area contributed by atoms with Gasteiger partial charge in [-0.05, 0) is 18.2 Å². The molecule has 0 aliphatic carbocycles. The number of rotatable bonds is 5. The Kier molecular flexibility index (Phi) is 7.61. The number of aliphatic hydroxyl groups excluding tert-OH is 1. The lowest BCUT2D eigenvalue weighted by Crippen LogP contribution is -2.40. The minimum absolute atomic E-state index is 0. The second kappa shape index (κ2) is 9.70. The van der Waals surface area contributed by atoms with Crippen LogP contribution in [0, 0.1) is 5.82 Å². The topological polar surface area (TPSA) is 61.0 Å². The Morgan fingerprint density at radius 1 is 1.22 bits per heavy atom. The summed E-state index contributed by atoms with van der Waals surface area (Å²) in [4.78, 5) is 6.09. The van der Waals surface area contributed by atoms with Crippen LogP contribution in [0.25, 0.3) is 11.0 Å². The summed E-state index contributed by atoms with van der Waals surface area (Å²) >= 11 is 0. The number of para-hydroxylation sites is 1. The maximum absolute atomic E-state index is 13.8. The molecule has 1 aromatic heterocycles. The number of guanidine groups is 1. The molecule has 0 saturated heterocycles. The molecular weight excluding hydrogens is 460 g/mol. The first-order valence-corrected chi connectivity index (χ1v) is 8.40. The number of furan rings is 1. The molecule has 2 aromatic carbocycles. The van der Waals surface area contributed by atoms with E-state index in [1.54, 1.807) is 25.2 Å². The molecule has 0 spiro atoms. The third kappa shape index (κ3) is 5.20. The van der Waals surface area contributed by atoms with Gasteiger partial charge in [-0.3, -0.25) is 4.99 Å². The summed E-state index contributed by atoms with van der Waals surface area (Å²) in [5.41, 5.74) is 1.10. The van der Waals surface area contributed by atoms with E-state index in [1.807, 2.05) is 42.3 Å². The maximum atomic E-state index is 13.8. The van der Waals surface area contributed by atoms with Crippen molar-refractivity contribution in [1.82, 2.24) is 10.2 Å². The van der Waals surface area contributed by atoms with Crippen molar-refractivity contribution in [3.63, 3.8) is 0 Å². The lowest BCUT2D eigenvalue weighted by atomic mass is 10.1. The Balaban J connectivity index is 0.00000261. The summed E-state index contributed by atoms with van der Waals surface area (Å²) in [6.45, 7) is 0.669. The van der Waals surface area contributed by atoms with Gasteiger partial charge in [-0.15, -0.1) is 24.0 Å². The smallest absolute Gasteiger partial charge is 0.193 e. The van der Waals surface area contributed by atoms with Gasteiger partial charge < -0.3 is 19.7 Å². The summed E-state index contributed by atoms with van der Waals surface area (Å²) in [5, 5.41) is 14.3. The van der Waals surface area contributed by atoms with Gasteiger partial charge >= 0.3 is 0 Å². The maximum Gasteiger partial charge on any atom is 0.193 e. The van der Waals surface area contributed by atoms with E-state index in [0.29, 0.717) is 12.5 Å². The Hall–Kier alpha value is -2.13. The van der Waals surface area contributed by atoms with Crippen LogP contribution >= 0.6 is 24.0 Å². The monoisotopic (exact) mass is 483 g/mol. The normalized spacial score (nSPS) is 12.5. The van der Waals surface area contributed by atoms with Gasteiger partial charge in [0.05, 0.1) is 12.6 Å². The average molecular weight is 483 g/mol. The van der Waals surface area contributed by atoms with Crippen molar-refractivity contribution >= 4 is 40.9 Å². The molecule has 0 amide bonds. The van der Waals surface area contributed by atoms with Crippen LogP contribution in [0.15, 0.2) is 64.0 Å². The molecule has 144 valence electrons. The summed E-state index contributed by atoms with van der Waals surface area (Å²) in [6, 6.07) is 16.0. The zero-order valence-electron chi connectivity index (χ0n) is 15.2. The second-order valence-corrected chi connectivity index (χ2v) is 6.07. The highest BCUT2D eigenvalue weighted by Gasteiger charge is 2.15. The molecule has 7 heteroatoms. The number of fused-ring (bicyclic) bond motifs is 1. The highest BCUT2D eigenvalue weighted by atomic mass is 127. The molecule has 0 aliphatic rings. The fourth-order valence-electron chi connectivity index (χ4n) is 2.85. The van der Waals surface area contributed by atoms with E-state index in [1.165, 1.54) is 6.07 Å². The third-order valence-electron chi connectivity index (χ3n) is 4.16. The van der Waals surface area contributed by atoms with Crippen molar-refractivity contribution in [2.45, 2.75) is 12.6 Å². The van der Waals surface area contributed by atoms with Crippen LogP contribution in [0.3, 0.4) is 0 Å². The van der Waals surface area contributed by atoms with E-state index >= 15 is 0 Å². The minimum Gasteiger partial charge on any atom is -0.459 e. The Morgan fingerprint density at radius 2 is 1.93 bits per heavy atom. The molecule has 1 unspecified atom stereocenters. The predicted octanol–water partition coefficient (Wildman–Crippen LogP) is 3.93. The van der Waals surface area contributed by atoms with Gasteiger partial charge in [-0.25, -0.2) is 4.39 Å². The fourth-order valence-corrected chi connectivity index (χ4v) is 2.85. The Morgan fingerprint density at radius 3 is 2.63 bits per heavy atom. The number of hydrogen-bond acceptors (Lipinski definition) is 3. The van der Waals surface area contributed by atoms with Gasteiger partial charge in [-0.1, -0.05) is 36.4 Å². The van der Waals surface area contributed by atoms with Crippen molar-refractivity contribution in [1.29, 1.82) is 0 Å². The molecule has 0 saturated carbocycles. The van der Waals surface area contributed by atoms with Crippen LogP contribution in [0.1, 0.15) is 17.4 Å².